The molecule has 0 aliphatic heterocycles. The van der Waals surface area contributed by atoms with Gasteiger partial charge in [0.05, 0.1) is 28.6 Å². The number of halogens is 7. The fourth-order valence-electron chi connectivity index (χ4n) is 2.35. The predicted molar refractivity (Wildman–Crippen MR) is 103 cm³/mol. The first-order valence-corrected chi connectivity index (χ1v) is 9.15. The molecule has 1 unspecified atom stereocenters. The van der Waals surface area contributed by atoms with Crippen molar-refractivity contribution in [2.75, 3.05) is 6.61 Å². The number of hydrogen-bond acceptors (Lipinski definition) is 6. The van der Waals surface area contributed by atoms with Crippen LogP contribution in [-0.4, -0.2) is 34.4 Å². The smallest absolute Gasteiger partial charge is 0.430 e. The first kappa shape index (κ1) is 25.1. The van der Waals surface area contributed by atoms with Crippen molar-refractivity contribution in [3.05, 3.63) is 64.8 Å². The van der Waals surface area contributed by atoms with E-state index in [-0.39, 0.29) is 23.1 Å². The molecule has 13 heteroatoms. The summed E-state index contributed by atoms with van der Waals surface area (Å²) >= 11 is 5.72. The zero-order valence-electron chi connectivity index (χ0n) is 16.2. The normalized spacial score (nSPS) is 14.2. The number of hydrogen-bond donors (Lipinski definition) is 1. The first-order valence-electron chi connectivity index (χ1n) is 8.77. The summed E-state index contributed by atoms with van der Waals surface area (Å²) in [4.78, 5) is 24.1. The Morgan fingerprint density at radius 1 is 1.16 bits per heavy atom. The van der Waals surface area contributed by atoms with Crippen molar-refractivity contribution in [2.45, 2.75) is 25.2 Å². The Morgan fingerprint density at radius 2 is 1.72 bits per heavy atom. The Hall–Kier alpha value is -3.15. The van der Waals surface area contributed by atoms with Crippen molar-refractivity contribution in [3.63, 3.8) is 0 Å². The number of benzene rings is 1. The van der Waals surface area contributed by atoms with E-state index in [0.717, 1.165) is 24.5 Å². The van der Waals surface area contributed by atoms with Crippen LogP contribution in [0.15, 0.2) is 53.4 Å². The molecule has 0 aliphatic rings. The summed E-state index contributed by atoms with van der Waals surface area (Å²) in [5, 5.41) is 0.0861. The van der Waals surface area contributed by atoms with Crippen LogP contribution in [-0.2, 0) is 15.7 Å². The molecular formula is C19H15ClF6N4O2. The van der Waals surface area contributed by atoms with Gasteiger partial charge in [-0.05, 0) is 37.3 Å². The number of carbonyl (C=O) groups excluding carboxylic acids is 1. The third kappa shape index (κ3) is 6.67. The van der Waals surface area contributed by atoms with Crippen molar-refractivity contribution >= 4 is 29.0 Å². The quantitative estimate of drug-likeness (QED) is 0.358. The van der Waals surface area contributed by atoms with Gasteiger partial charge in [-0.2, -0.15) is 26.3 Å². The highest BCUT2D eigenvalue weighted by molar-refractivity contribution is 6.30. The molecule has 1 heterocycles. The van der Waals surface area contributed by atoms with Crippen LogP contribution in [0.5, 0.6) is 0 Å². The molecule has 0 amide bonds. The topological polar surface area (TPSA) is 90.5 Å². The number of ether oxygens (including phenoxy) is 1. The van der Waals surface area contributed by atoms with E-state index in [0.29, 0.717) is 18.2 Å². The summed E-state index contributed by atoms with van der Waals surface area (Å²) in [6.07, 6.45) is -7.03. The van der Waals surface area contributed by atoms with Crippen molar-refractivity contribution < 1.29 is 35.9 Å². The molecule has 0 radical (unpaired) electrons. The number of nitrogens with zero attached hydrogens (tertiary/aromatic N) is 3. The monoisotopic (exact) mass is 480 g/mol. The van der Waals surface area contributed by atoms with E-state index in [9.17, 15) is 31.1 Å². The Balaban J connectivity index is 2.67. The Morgan fingerprint density at radius 3 is 2.19 bits per heavy atom. The van der Waals surface area contributed by atoms with Crippen LogP contribution < -0.4 is 5.73 Å². The fraction of sp³-hybridized carbons (Fsp3) is 0.263. The molecule has 0 bridgehead atoms. The SMILES string of the molecule is CCOC(=O)C(C(C=C(N)C(F)(F)F)=Nc1ccc(C(F)(F)F)cc1)c1ncc(Cl)cn1. The Labute approximate surface area is 182 Å². The molecule has 0 aliphatic carbocycles. The van der Waals surface area contributed by atoms with E-state index in [1.807, 2.05) is 0 Å². The number of nitrogens with two attached hydrogens (primary N) is 1. The molecule has 0 saturated carbocycles. The molecule has 0 saturated heterocycles. The maximum Gasteiger partial charge on any atom is 0.430 e. The number of aromatic nitrogens is 2. The van der Waals surface area contributed by atoms with E-state index < -0.39 is 41.2 Å². The number of rotatable bonds is 6. The number of esters is 1. The van der Waals surface area contributed by atoms with E-state index in [1.54, 1.807) is 0 Å². The third-order valence-corrected chi connectivity index (χ3v) is 4.00. The Bertz CT molecular complexity index is 1000. The van der Waals surface area contributed by atoms with Gasteiger partial charge in [0.1, 0.15) is 11.5 Å². The van der Waals surface area contributed by atoms with Crippen LogP contribution in [0.2, 0.25) is 5.02 Å². The largest absolute Gasteiger partial charge is 0.465 e. The Kier molecular flexibility index (Phi) is 7.83. The number of alkyl halides is 6. The maximum absolute atomic E-state index is 13.1. The van der Waals surface area contributed by atoms with Crippen LogP contribution >= 0.6 is 11.6 Å². The number of allylic oxidation sites excluding steroid dienone is 2. The second-order valence-corrected chi connectivity index (χ2v) is 6.56. The summed E-state index contributed by atoms with van der Waals surface area (Å²) in [6, 6.07) is 3.22. The molecule has 172 valence electrons. The van der Waals surface area contributed by atoms with Gasteiger partial charge in [-0.25, -0.2) is 9.97 Å². The molecule has 1 aromatic heterocycles. The minimum absolute atomic E-state index is 0.0861. The summed E-state index contributed by atoms with van der Waals surface area (Å²) in [7, 11) is 0. The molecule has 1 aromatic carbocycles. The maximum atomic E-state index is 13.1. The average molecular weight is 481 g/mol. The average Bonchev–Trinajstić information content (AvgIpc) is 2.69. The van der Waals surface area contributed by atoms with Crippen LogP contribution in [0.4, 0.5) is 32.0 Å². The van der Waals surface area contributed by atoms with Gasteiger partial charge in [-0.1, -0.05) is 11.6 Å². The summed E-state index contributed by atoms with van der Waals surface area (Å²) in [5.74, 6) is -3.02. The predicted octanol–water partition coefficient (Wildman–Crippen LogP) is 4.97. The molecule has 32 heavy (non-hydrogen) atoms. The van der Waals surface area contributed by atoms with Crippen molar-refractivity contribution in [1.82, 2.24) is 9.97 Å². The van der Waals surface area contributed by atoms with E-state index in [1.165, 1.54) is 6.92 Å². The summed E-state index contributed by atoms with van der Waals surface area (Å²) < 4.78 is 82.4. The van der Waals surface area contributed by atoms with E-state index in [4.69, 9.17) is 22.1 Å². The van der Waals surface area contributed by atoms with Crippen LogP contribution in [0.3, 0.4) is 0 Å². The first-order chi connectivity index (χ1) is 14.8. The summed E-state index contributed by atoms with van der Waals surface area (Å²) in [6.45, 7) is 1.33. The molecule has 1 atom stereocenters. The number of aliphatic imine (C=N–C) groups is 1. The van der Waals surface area contributed by atoms with Crippen LogP contribution in [0, 0.1) is 0 Å². The highest BCUT2D eigenvalue weighted by atomic mass is 35.5. The fourth-order valence-corrected chi connectivity index (χ4v) is 2.45. The standard InChI is InChI=1S/C19H15ClF6N4O2/c1-2-32-17(31)15(16-28-8-11(20)9-29-16)13(7-14(27)19(24,25)26)30-12-5-3-10(4-6-12)18(21,22)23/h3-9,15H,2,27H2,1H3. The minimum atomic E-state index is -4.97. The lowest BCUT2D eigenvalue weighted by molar-refractivity contribution is -0.143. The number of carbonyl (C=O) groups is 1. The molecule has 2 N–H and O–H groups in total. The molecule has 2 aromatic rings. The molecule has 6 nitrogen and oxygen atoms in total. The zero-order chi connectivity index (χ0) is 24.1. The second kappa shape index (κ2) is 9.98. The lowest BCUT2D eigenvalue weighted by Crippen LogP contribution is -2.28. The van der Waals surface area contributed by atoms with Crippen molar-refractivity contribution in [2.24, 2.45) is 10.7 Å². The van der Waals surface area contributed by atoms with Gasteiger partial charge in [0.15, 0.2) is 5.92 Å². The van der Waals surface area contributed by atoms with Gasteiger partial charge in [0.25, 0.3) is 0 Å². The second-order valence-electron chi connectivity index (χ2n) is 6.12. The molecule has 2 rings (SSSR count). The lowest BCUT2D eigenvalue weighted by Gasteiger charge is -2.16. The zero-order valence-corrected chi connectivity index (χ0v) is 17.0. The van der Waals surface area contributed by atoms with Gasteiger partial charge >= 0.3 is 18.3 Å². The third-order valence-electron chi connectivity index (χ3n) is 3.80. The molecule has 0 fully saturated rings. The van der Waals surface area contributed by atoms with E-state index >= 15 is 0 Å². The highest BCUT2D eigenvalue weighted by Gasteiger charge is 2.36. The van der Waals surface area contributed by atoms with Gasteiger partial charge < -0.3 is 10.5 Å². The van der Waals surface area contributed by atoms with Gasteiger partial charge in [-0.3, -0.25) is 9.79 Å². The van der Waals surface area contributed by atoms with Gasteiger partial charge in [-0.15, -0.1) is 0 Å². The molecule has 0 spiro atoms. The summed E-state index contributed by atoms with van der Waals surface area (Å²) in [5.41, 5.74) is 1.72. The van der Waals surface area contributed by atoms with Crippen LogP contribution in [0.1, 0.15) is 24.2 Å². The van der Waals surface area contributed by atoms with Crippen molar-refractivity contribution in [1.29, 1.82) is 0 Å². The van der Waals surface area contributed by atoms with Crippen molar-refractivity contribution in [3.8, 4) is 0 Å². The lowest BCUT2D eigenvalue weighted by atomic mass is 10.0. The van der Waals surface area contributed by atoms with E-state index in [2.05, 4.69) is 15.0 Å². The minimum Gasteiger partial charge on any atom is -0.465 e. The molecular weight excluding hydrogens is 466 g/mol. The highest BCUT2D eigenvalue weighted by Crippen LogP contribution is 2.31. The van der Waals surface area contributed by atoms with Crippen LogP contribution in [0.25, 0.3) is 0 Å². The van der Waals surface area contributed by atoms with Gasteiger partial charge in [0, 0.05) is 12.4 Å². The van der Waals surface area contributed by atoms with Gasteiger partial charge in [0.2, 0.25) is 0 Å².